The van der Waals surface area contributed by atoms with Crippen molar-refractivity contribution in [3.8, 4) is 16.9 Å². The van der Waals surface area contributed by atoms with Gasteiger partial charge >= 0.3 is 10.2 Å². The number of hydrogen-bond acceptors (Lipinski definition) is 11. The van der Waals surface area contributed by atoms with E-state index in [1.807, 2.05) is 12.1 Å². The molecule has 2 aromatic carbocycles. The summed E-state index contributed by atoms with van der Waals surface area (Å²) in [6, 6.07) is 11.5. The molecule has 0 spiro atoms. The second-order valence-corrected chi connectivity index (χ2v) is 17.1. The van der Waals surface area contributed by atoms with E-state index in [2.05, 4.69) is 29.9 Å². The molecule has 8 rings (SSSR count). The number of amides is 4. The monoisotopic (exact) mass is 883 g/mol. The van der Waals surface area contributed by atoms with E-state index in [-0.39, 0.29) is 62.2 Å². The number of imide groups is 1. The third-order valence-electron chi connectivity index (χ3n) is 11.6. The fraction of sp³-hybridized carbons (Fsp3) is 0.326. The van der Waals surface area contributed by atoms with Crippen LogP contribution in [0.25, 0.3) is 22.2 Å². The first-order valence-corrected chi connectivity index (χ1v) is 21.8. The molecular weight excluding hydrogens is 841 g/mol. The van der Waals surface area contributed by atoms with E-state index in [0.29, 0.717) is 77.5 Å². The Bertz CT molecular complexity index is 2760. The highest BCUT2D eigenvalue weighted by atomic mass is 32.2. The molecule has 5 aromatic rings. The number of nitrogens with zero attached hydrogens (tertiary/aromatic N) is 6. The van der Waals surface area contributed by atoms with Gasteiger partial charge in [-0.3, -0.25) is 34.0 Å². The second-order valence-electron chi connectivity index (χ2n) is 15.4. The van der Waals surface area contributed by atoms with Crippen LogP contribution in [0.4, 0.5) is 20.3 Å². The Morgan fingerprint density at radius 3 is 2.51 bits per heavy atom. The molecule has 1 unspecified atom stereocenters. The van der Waals surface area contributed by atoms with Gasteiger partial charge in [0.05, 0.1) is 24.4 Å². The zero-order chi connectivity index (χ0) is 44.6. The highest BCUT2D eigenvalue weighted by molar-refractivity contribution is 7.90. The number of benzene rings is 2. The summed E-state index contributed by atoms with van der Waals surface area (Å²) in [4.78, 5) is 81.2. The minimum Gasteiger partial charge on any atom is -0.493 e. The molecule has 0 saturated carbocycles. The highest BCUT2D eigenvalue weighted by Gasteiger charge is 2.40. The number of carbonyl (C=O) groups excluding carboxylic acids is 5. The van der Waals surface area contributed by atoms with Crippen LogP contribution in [0.3, 0.4) is 0 Å². The predicted octanol–water partition coefficient (Wildman–Crippen LogP) is 4.01. The van der Waals surface area contributed by atoms with Gasteiger partial charge in [-0.1, -0.05) is 13.0 Å². The van der Waals surface area contributed by atoms with Gasteiger partial charge in [0, 0.05) is 104 Å². The van der Waals surface area contributed by atoms with Gasteiger partial charge in [-0.2, -0.15) is 12.7 Å². The second kappa shape index (κ2) is 17.5. The normalized spacial score (nSPS) is 16.7. The zero-order valence-electron chi connectivity index (χ0n) is 34.3. The van der Waals surface area contributed by atoms with Crippen LogP contribution in [0.2, 0.25) is 0 Å². The third-order valence-corrected chi connectivity index (χ3v) is 13.1. The first-order valence-electron chi connectivity index (χ1n) is 20.4. The number of nitrogens with one attached hydrogen (secondary N) is 3. The zero-order valence-corrected chi connectivity index (χ0v) is 35.1. The maximum Gasteiger partial charge on any atom is 0.301 e. The molecule has 0 aliphatic carbocycles. The number of piperazine rings is 1. The van der Waals surface area contributed by atoms with E-state index >= 15 is 8.78 Å². The van der Waals surface area contributed by atoms with E-state index < -0.39 is 50.8 Å². The van der Waals surface area contributed by atoms with Gasteiger partial charge in [0.2, 0.25) is 23.5 Å². The molecule has 63 heavy (non-hydrogen) atoms. The number of H-pyrrole nitrogens is 1. The molecule has 6 heterocycles. The van der Waals surface area contributed by atoms with E-state index in [9.17, 15) is 32.4 Å². The number of hydrogen-bond donors (Lipinski definition) is 3. The van der Waals surface area contributed by atoms with Crippen LogP contribution in [0, 0.1) is 11.6 Å². The molecule has 3 aliphatic heterocycles. The van der Waals surface area contributed by atoms with Gasteiger partial charge in [-0.25, -0.2) is 18.7 Å². The van der Waals surface area contributed by atoms with Gasteiger partial charge in [0.1, 0.15) is 29.1 Å². The summed E-state index contributed by atoms with van der Waals surface area (Å²) < 4.78 is 64.7. The van der Waals surface area contributed by atoms with E-state index in [0.717, 1.165) is 16.4 Å². The van der Waals surface area contributed by atoms with Gasteiger partial charge in [-0.15, -0.1) is 0 Å². The van der Waals surface area contributed by atoms with Crippen molar-refractivity contribution in [1.82, 2.24) is 34.4 Å². The van der Waals surface area contributed by atoms with Crippen molar-refractivity contribution < 1.29 is 45.9 Å². The van der Waals surface area contributed by atoms with E-state index in [1.165, 1.54) is 18.1 Å². The Morgan fingerprint density at radius 1 is 1.00 bits per heavy atom. The predicted molar refractivity (Wildman–Crippen MR) is 226 cm³/mol. The van der Waals surface area contributed by atoms with Crippen molar-refractivity contribution in [2.75, 3.05) is 56.0 Å². The summed E-state index contributed by atoms with van der Waals surface area (Å²) in [6.07, 6.45) is 5.68. The molecule has 328 valence electrons. The summed E-state index contributed by atoms with van der Waals surface area (Å²) in [6.45, 7) is 4.21. The van der Waals surface area contributed by atoms with Crippen molar-refractivity contribution in [1.29, 1.82) is 0 Å². The number of aromatic nitrogens is 3. The van der Waals surface area contributed by atoms with Crippen LogP contribution >= 0.6 is 0 Å². The average Bonchev–Trinajstić information content (AvgIpc) is 3.86. The van der Waals surface area contributed by atoms with Crippen LogP contribution in [-0.4, -0.2) is 119 Å². The highest BCUT2D eigenvalue weighted by Crippen LogP contribution is 2.34. The molecular formula is C43H43F2N9O8S. The molecule has 1 atom stereocenters. The Kier molecular flexibility index (Phi) is 11.9. The molecule has 2 fully saturated rings. The molecule has 20 heteroatoms. The Morgan fingerprint density at radius 2 is 1.78 bits per heavy atom. The number of pyridine rings is 2. The number of piperidine rings is 1. The fourth-order valence-electron chi connectivity index (χ4n) is 7.89. The molecule has 17 nitrogen and oxygen atoms in total. The number of carbonyl (C=O) groups is 5. The topological polar surface area (TPSA) is 207 Å². The lowest BCUT2D eigenvalue weighted by atomic mass is 10.00. The maximum atomic E-state index is 15.6. The van der Waals surface area contributed by atoms with Crippen LogP contribution in [-0.2, 0) is 31.1 Å². The molecule has 0 bridgehead atoms. The Hall–Kier alpha value is -6.80. The Balaban J connectivity index is 0.847. The number of rotatable bonds is 14. The van der Waals surface area contributed by atoms with Crippen molar-refractivity contribution in [2.24, 2.45) is 0 Å². The molecule has 3 aromatic heterocycles. The van der Waals surface area contributed by atoms with Gasteiger partial charge in [-0.05, 0) is 55.3 Å². The average molecular weight is 884 g/mol. The minimum atomic E-state index is -4.16. The van der Waals surface area contributed by atoms with Gasteiger partial charge < -0.3 is 24.4 Å². The summed E-state index contributed by atoms with van der Waals surface area (Å²) in [7, 11) is -2.87. The van der Waals surface area contributed by atoms with Crippen LogP contribution < -0.4 is 19.7 Å². The van der Waals surface area contributed by atoms with Crippen molar-refractivity contribution in [3.63, 3.8) is 0 Å². The van der Waals surface area contributed by atoms with Crippen molar-refractivity contribution in [2.45, 2.75) is 45.2 Å². The van der Waals surface area contributed by atoms with Crippen LogP contribution in [0.15, 0.2) is 67.1 Å². The van der Waals surface area contributed by atoms with E-state index in [4.69, 9.17) is 4.74 Å². The van der Waals surface area contributed by atoms with E-state index in [1.54, 1.807) is 48.5 Å². The van der Waals surface area contributed by atoms with Crippen molar-refractivity contribution >= 4 is 62.2 Å². The fourth-order valence-corrected chi connectivity index (χ4v) is 8.83. The van der Waals surface area contributed by atoms with Gasteiger partial charge in [0.15, 0.2) is 5.82 Å². The summed E-state index contributed by atoms with van der Waals surface area (Å²) in [5.74, 6) is -3.42. The number of ketones is 1. The lowest BCUT2D eigenvalue weighted by Gasteiger charge is -2.35. The quantitative estimate of drug-likeness (QED) is 0.0825. The Labute approximate surface area is 360 Å². The summed E-state index contributed by atoms with van der Waals surface area (Å²) >= 11 is 0. The molecule has 3 aliphatic rings. The molecule has 0 radical (unpaired) electrons. The van der Waals surface area contributed by atoms with Crippen LogP contribution in [0.1, 0.15) is 64.4 Å². The standard InChI is InChI=1S/C43H43F2N9O8S/c1-3-51(2)63(60,61)50-32-11-10-31(44)38(39(32)45)40(57)29-23-48-41-28(29)20-26(22-47-41)25-9-13-35(46-21-25)52-15-17-53(18-16-52)37(56)8-5-19-62-34-7-4-6-27-30(34)24-54(43(27)59)33-12-14-36(55)49-42(33)58/h4,6-7,9-11,13,20-23,33,50H,3,5,8,12,14-19,24H2,1-2H3,(H,47,48)(H,49,55,58). The lowest BCUT2D eigenvalue weighted by Crippen LogP contribution is -2.52. The minimum absolute atomic E-state index is 0.00726. The lowest BCUT2D eigenvalue weighted by molar-refractivity contribution is -0.137. The summed E-state index contributed by atoms with van der Waals surface area (Å²) in [5.41, 5.74) is 1.12. The maximum absolute atomic E-state index is 15.6. The van der Waals surface area contributed by atoms with Crippen molar-refractivity contribution in [3.05, 3.63) is 101 Å². The number of ether oxygens (including phenoxy) is 1. The summed E-state index contributed by atoms with van der Waals surface area (Å²) in [5, 5.41) is 2.60. The molecule has 4 amide bonds. The first kappa shape index (κ1) is 42.9. The molecule has 2 saturated heterocycles. The number of fused-ring (bicyclic) bond motifs is 2. The number of aromatic amines is 1. The van der Waals surface area contributed by atoms with Gasteiger partial charge in [0.25, 0.3) is 5.91 Å². The number of halogens is 2. The number of anilines is 2. The smallest absolute Gasteiger partial charge is 0.301 e. The largest absolute Gasteiger partial charge is 0.493 e. The third kappa shape index (κ3) is 8.55. The van der Waals surface area contributed by atoms with Crippen LogP contribution in [0.5, 0.6) is 5.75 Å². The SMILES string of the molecule is CCN(C)S(=O)(=O)Nc1ccc(F)c(C(=O)c2c[nH]c3ncc(-c4ccc(N5CCN(C(=O)CCCOc6cccc7c6CN(C6CCC(=O)NC6=O)C7=O)CC5)nc4)cc23)c1F. The first-order chi connectivity index (χ1) is 30.2. The molecule has 3 N–H and O–H groups in total.